The molecule has 0 radical (unpaired) electrons. The van der Waals surface area contributed by atoms with E-state index in [0.717, 1.165) is 27.8 Å². The molecule has 7 heteroatoms. The molecule has 0 aliphatic carbocycles. The first-order chi connectivity index (χ1) is 11.9. The zero-order valence-electron chi connectivity index (χ0n) is 14.6. The lowest BCUT2D eigenvalue weighted by atomic mass is 10.1. The summed E-state index contributed by atoms with van der Waals surface area (Å²) in [6, 6.07) is 5.46. The second kappa shape index (κ2) is 6.43. The molecule has 1 N–H and O–H groups in total. The van der Waals surface area contributed by atoms with E-state index in [0.29, 0.717) is 11.4 Å². The molecule has 0 aliphatic heterocycles. The molecular formula is C18H20N4O3. The Hall–Kier alpha value is -3.09. The fraction of sp³-hybridized carbons (Fsp3) is 0.278. The summed E-state index contributed by atoms with van der Waals surface area (Å²) in [5, 5.41) is 14.9. The average molecular weight is 340 g/mol. The number of pyridine rings is 1. The molecule has 0 spiro atoms. The third-order valence-electron chi connectivity index (χ3n) is 4.33. The van der Waals surface area contributed by atoms with Crippen molar-refractivity contribution in [1.29, 1.82) is 0 Å². The molecule has 0 bridgehead atoms. The van der Waals surface area contributed by atoms with E-state index in [4.69, 9.17) is 4.74 Å². The molecule has 1 aromatic carbocycles. The Balaban J connectivity index is 2.02. The van der Waals surface area contributed by atoms with E-state index in [1.807, 2.05) is 33.0 Å². The van der Waals surface area contributed by atoms with Gasteiger partial charge in [0.15, 0.2) is 0 Å². The van der Waals surface area contributed by atoms with Crippen LogP contribution in [0.15, 0.2) is 30.6 Å². The van der Waals surface area contributed by atoms with Crippen LogP contribution < -0.4 is 9.64 Å². The maximum absolute atomic E-state index is 11.8. The molecule has 1 amide bonds. The molecule has 2 heterocycles. The molecule has 130 valence electrons. The van der Waals surface area contributed by atoms with Crippen LogP contribution in [-0.2, 0) is 13.6 Å². The summed E-state index contributed by atoms with van der Waals surface area (Å²) >= 11 is 0. The number of nitrogens with zero attached hydrogens (tertiary/aromatic N) is 4. The Morgan fingerprint density at radius 3 is 2.76 bits per heavy atom. The highest BCUT2D eigenvalue weighted by molar-refractivity contribution is 5.90. The number of methoxy groups -OCH3 is 1. The van der Waals surface area contributed by atoms with Crippen LogP contribution in [-0.4, -0.2) is 33.1 Å². The highest BCUT2D eigenvalue weighted by atomic mass is 16.5. The van der Waals surface area contributed by atoms with E-state index >= 15 is 0 Å². The first-order valence-corrected chi connectivity index (χ1v) is 7.83. The van der Waals surface area contributed by atoms with Crippen molar-refractivity contribution in [3.63, 3.8) is 0 Å². The number of aromatic nitrogens is 3. The molecule has 25 heavy (non-hydrogen) atoms. The zero-order valence-corrected chi connectivity index (χ0v) is 14.6. The number of fused-ring (bicyclic) bond motifs is 1. The van der Waals surface area contributed by atoms with Crippen LogP contribution in [0.2, 0.25) is 0 Å². The minimum atomic E-state index is -1.04. The molecule has 0 atom stereocenters. The second-order valence-electron chi connectivity index (χ2n) is 5.93. The maximum atomic E-state index is 11.8. The van der Waals surface area contributed by atoms with Gasteiger partial charge in [0, 0.05) is 35.4 Å². The quantitative estimate of drug-likeness (QED) is 0.788. The van der Waals surface area contributed by atoms with E-state index in [2.05, 4.69) is 10.1 Å². The first-order valence-electron chi connectivity index (χ1n) is 7.83. The van der Waals surface area contributed by atoms with Gasteiger partial charge in [-0.25, -0.2) is 4.79 Å². The molecule has 3 rings (SSSR count). The Morgan fingerprint density at radius 1 is 1.32 bits per heavy atom. The highest BCUT2D eigenvalue weighted by Gasteiger charge is 2.19. The van der Waals surface area contributed by atoms with Crippen LogP contribution in [0.25, 0.3) is 10.9 Å². The van der Waals surface area contributed by atoms with Gasteiger partial charge < -0.3 is 9.84 Å². The molecule has 0 saturated heterocycles. The van der Waals surface area contributed by atoms with Crippen molar-refractivity contribution in [3.8, 4) is 5.75 Å². The van der Waals surface area contributed by atoms with Crippen molar-refractivity contribution in [2.24, 2.45) is 7.05 Å². The van der Waals surface area contributed by atoms with E-state index < -0.39 is 6.09 Å². The Labute approximate surface area is 145 Å². The fourth-order valence-electron chi connectivity index (χ4n) is 2.95. The van der Waals surface area contributed by atoms with Gasteiger partial charge in [-0.3, -0.25) is 14.6 Å². The lowest BCUT2D eigenvalue weighted by molar-refractivity contribution is 0.201. The van der Waals surface area contributed by atoms with Crippen LogP contribution in [0.3, 0.4) is 0 Å². The molecule has 3 aromatic rings. The topological polar surface area (TPSA) is 80.5 Å². The van der Waals surface area contributed by atoms with Gasteiger partial charge in [0.05, 0.1) is 31.1 Å². The molecule has 0 aliphatic rings. The minimum absolute atomic E-state index is 0.140. The van der Waals surface area contributed by atoms with Crippen molar-refractivity contribution in [1.82, 2.24) is 14.8 Å². The monoisotopic (exact) mass is 340 g/mol. The largest absolute Gasteiger partial charge is 0.496 e. The van der Waals surface area contributed by atoms with Crippen molar-refractivity contribution >= 4 is 22.7 Å². The maximum Gasteiger partial charge on any atom is 0.412 e. The third-order valence-corrected chi connectivity index (χ3v) is 4.33. The number of amides is 1. The normalized spacial score (nSPS) is 10.9. The van der Waals surface area contributed by atoms with Gasteiger partial charge in [-0.15, -0.1) is 0 Å². The molecule has 0 fully saturated rings. The number of aryl methyl sites for hydroxylation is 2. The average Bonchev–Trinajstić information content (AvgIpc) is 2.95. The standard InChI is InChI=1S/C18H20N4O3/c1-11-8-19-15(12(2)17(11)25-4)10-22(18(23)24)14-6-5-13-9-20-21(3)16(13)7-14/h5-9H,10H2,1-4H3,(H,23,24). The molecular weight excluding hydrogens is 320 g/mol. The molecule has 0 unspecified atom stereocenters. The van der Waals surface area contributed by atoms with Crippen LogP contribution >= 0.6 is 0 Å². The first kappa shape index (κ1) is 16.8. The van der Waals surface area contributed by atoms with Gasteiger partial charge in [0.1, 0.15) is 5.75 Å². The van der Waals surface area contributed by atoms with Gasteiger partial charge in [0.25, 0.3) is 0 Å². The Bertz CT molecular complexity index is 949. The number of carbonyl (C=O) groups is 1. The summed E-state index contributed by atoms with van der Waals surface area (Å²) in [7, 11) is 3.43. The number of rotatable bonds is 4. The highest BCUT2D eigenvalue weighted by Crippen LogP contribution is 2.27. The van der Waals surface area contributed by atoms with Gasteiger partial charge in [-0.1, -0.05) is 0 Å². The van der Waals surface area contributed by atoms with E-state index in [9.17, 15) is 9.90 Å². The molecule has 0 saturated carbocycles. The number of anilines is 1. The SMILES string of the molecule is COc1c(C)cnc(CN(C(=O)O)c2ccc3cnn(C)c3c2)c1C. The smallest absolute Gasteiger partial charge is 0.412 e. The van der Waals surface area contributed by atoms with Crippen LogP contribution in [0.4, 0.5) is 10.5 Å². The van der Waals surface area contributed by atoms with Crippen molar-refractivity contribution < 1.29 is 14.6 Å². The molecule has 2 aromatic heterocycles. The number of carboxylic acid groups (broad SMARTS) is 1. The predicted molar refractivity (Wildman–Crippen MR) is 95.2 cm³/mol. The van der Waals surface area contributed by atoms with Gasteiger partial charge >= 0.3 is 6.09 Å². The van der Waals surface area contributed by atoms with E-state index in [1.54, 1.807) is 30.3 Å². The fourth-order valence-corrected chi connectivity index (χ4v) is 2.95. The van der Waals surface area contributed by atoms with Gasteiger partial charge in [-0.2, -0.15) is 5.10 Å². The van der Waals surface area contributed by atoms with Crippen LogP contribution in [0.1, 0.15) is 16.8 Å². The third kappa shape index (κ3) is 3.00. The summed E-state index contributed by atoms with van der Waals surface area (Å²) in [5.74, 6) is 0.734. The minimum Gasteiger partial charge on any atom is -0.496 e. The Kier molecular flexibility index (Phi) is 4.31. The summed E-state index contributed by atoms with van der Waals surface area (Å²) in [4.78, 5) is 17.5. The number of benzene rings is 1. The Morgan fingerprint density at radius 2 is 2.08 bits per heavy atom. The molecule has 7 nitrogen and oxygen atoms in total. The summed E-state index contributed by atoms with van der Waals surface area (Å²) in [6.07, 6.45) is 2.41. The van der Waals surface area contributed by atoms with Crippen molar-refractivity contribution in [2.75, 3.05) is 12.0 Å². The number of hydrogen-bond donors (Lipinski definition) is 1. The van der Waals surface area contributed by atoms with Gasteiger partial charge in [0.2, 0.25) is 0 Å². The number of ether oxygens (including phenoxy) is 1. The van der Waals surface area contributed by atoms with Gasteiger partial charge in [-0.05, 0) is 32.0 Å². The lowest BCUT2D eigenvalue weighted by Gasteiger charge is -2.21. The zero-order chi connectivity index (χ0) is 18.1. The summed E-state index contributed by atoms with van der Waals surface area (Å²) < 4.78 is 7.13. The number of hydrogen-bond acceptors (Lipinski definition) is 4. The van der Waals surface area contributed by atoms with Crippen LogP contribution in [0, 0.1) is 13.8 Å². The van der Waals surface area contributed by atoms with E-state index in [1.165, 1.54) is 4.90 Å². The summed E-state index contributed by atoms with van der Waals surface area (Å²) in [5.41, 5.74) is 3.87. The summed E-state index contributed by atoms with van der Waals surface area (Å²) in [6.45, 7) is 3.94. The van der Waals surface area contributed by atoms with Crippen LogP contribution in [0.5, 0.6) is 5.75 Å². The predicted octanol–water partition coefficient (Wildman–Crippen LogP) is 3.28. The van der Waals surface area contributed by atoms with E-state index in [-0.39, 0.29) is 6.54 Å². The lowest BCUT2D eigenvalue weighted by Crippen LogP contribution is -2.29. The van der Waals surface area contributed by atoms with Crippen molar-refractivity contribution in [2.45, 2.75) is 20.4 Å². The van der Waals surface area contributed by atoms with Crippen molar-refractivity contribution in [3.05, 3.63) is 47.4 Å². The second-order valence-corrected chi connectivity index (χ2v) is 5.93.